The molecule has 0 aromatic carbocycles. The topological polar surface area (TPSA) is 58.4 Å². The maximum absolute atomic E-state index is 12.6. The van der Waals surface area contributed by atoms with Gasteiger partial charge in [-0.2, -0.15) is 4.31 Å². The van der Waals surface area contributed by atoms with E-state index in [1.165, 1.54) is 15.2 Å². The third-order valence-corrected chi connectivity index (χ3v) is 6.56. The van der Waals surface area contributed by atoms with Gasteiger partial charge < -0.3 is 9.47 Å². The van der Waals surface area contributed by atoms with E-state index in [1.54, 1.807) is 7.05 Å². The first-order valence-corrected chi connectivity index (χ1v) is 9.14. The molecule has 0 spiro atoms. The van der Waals surface area contributed by atoms with E-state index >= 15 is 0 Å². The van der Waals surface area contributed by atoms with Crippen molar-refractivity contribution in [1.29, 1.82) is 0 Å². The molecule has 21 heavy (non-hydrogen) atoms. The monoisotopic (exact) mass is 334 g/mol. The summed E-state index contributed by atoms with van der Waals surface area (Å²) in [5.74, 6) is 0. The van der Waals surface area contributed by atoms with Crippen LogP contribution in [0.4, 0.5) is 0 Å². The van der Waals surface area contributed by atoms with E-state index in [4.69, 9.17) is 11.6 Å². The minimum absolute atomic E-state index is 0.0343. The van der Waals surface area contributed by atoms with Gasteiger partial charge in [0.25, 0.3) is 10.0 Å². The fourth-order valence-corrected chi connectivity index (χ4v) is 4.74. The summed E-state index contributed by atoms with van der Waals surface area (Å²) < 4.78 is 28.2. The van der Waals surface area contributed by atoms with Crippen molar-refractivity contribution in [2.24, 2.45) is 7.05 Å². The summed E-state index contributed by atoms with van der Waals surface area (Å²) in [5.41, 5.74) is 0. The molecule has 0 N–H and O–H groups in total. The number of rotatable bonds is 5. The van der Waals surface area contributed by atoms with Crippen LogP contribution in [0.2, 0.25) is 5.15 Å². The molecule has 0 atom stereocenters. The summed E-state index contributed by atoms with van der Waals surface area (Å²) in [7, 11) is -1.90. The van der Waals surface area contributed by atoms with Crippen molar-refractivity contribution in [3.05, 3.63) is 11.5 Å². The second kappa shape index (κ2) is 6.64. The normalized spacial score (nSPS) is 18.5. The molecule has 0 aliphatic carbocycles. The van der Waals surface area contributed by atoms with Crippen molar-refractivity contribution in [2.45, 2.75) is 37.8 Å². The Morgan fingerprint density at radius 2 is 1.90 bits per heavy atom. The molecular formula is C13H23ClN4O2S. The van der Waals surface area contributed by atoms with Gasteiger partial charge in [-0.15, -0.1) is 0 Å². The summed E-state index contributed by atoms with van der Waals surface area (Å²) in [6.45, 7) is 7.33. The highest BCUT2D eigenvalue weighted by atomic mass is 35.5. The van der Waals surface area contributed by atoms with Crippen LogP contribution in [0.3, 0.4) is 0 Å². The molecular weight excluding hydrogens is 312 g/mol. The SMILES string of the molecule is CCN(CC)C1CCN(S(=O)(=O)c2ncn(C)c2Cl)CC1. The molecule has 1 aromatic rings. The molecule has 0 unspecified atom stereocenters. The van der Waals surface area contributed by atoms with E-state index in [-0.39, 0.29) is 10.2 Å². The van der Waals surface area contributed by atoms with Gasteiger partial charge in [-0.3, -0.25) is 0 Å². The van der Waals surface area contributed by atoms with Gasteiger partial charge in [0.15, 0.2) is 0 Å². The summed E-state index contributed by atoms with van der Waals surface area (Å²) in [6, 6.07) is 0.464. The van der Waals surface area contributed by atoms with Crippen molar-refractivity contribution < 1.29 is 8.42 Å². The first-order valence-electron chi connectivity index (χ1n) is 7.32. The third kappa shape index (κ3) is 3.26. The van der Waals surface area contributed by atoms with Crippen molar-refractivity contribution in [1.82, 2.24) is 18.8 Å². The zero-order valence-electron chi connectivity index (χ0n) is 12.8. The quantitative estimate of drug-likeness (QED) is 0.820. The van der Waals surface area contributed by atoms with Crippen LogP contribution in [0.5, 0.6) is 0 Å². The number of aromatic nitrogens is 2. The largest absolute Gasteiger partial charge is 0.324 e. The van der Waals surface area contributed by atoms with Gasteiger partial charge in [0, 0.05) is 26.2 Å². The molecule has 1 aliphatic heterocycles. The van der Waals surface area contributed by atoms with Crippen molar-refractivity contribution in [2.75, 3.05) is 26.2 Å². The Morgan fingerprint density at radius 3 is 2.33 bits per heavy atom. The van der Waals surface area contributed by atoms with Crippen molar-refractivity contribution in [3.63, 3.8) is 0 Å². The number of nitrogens with zero attached hydrogens (tertiary/aromatic N) is 4. The highest BCUT2D eigenvalue weighted by molar-refractivity contribution is 7.89. The number of aryl methyl sites for hydroxylation is 1. The van der Waals surface area contributed by atoms with Crippen LogP contribution in [0, 0.1) is 0 Å². The van der Waals surface area contributed by atoms with Crippen LogP contribution in [0.15, 0.2) is 11.4 Å². The lowest BCUT2D eigenvalue weighted by Gasteiger charge is -2.36. The van der Waals surface area contributed by atoms with E-state index in [0.717, 1.165) is 25.9 Å². The van der Waals surface area contributed by atoms with Crippen molar-refractivity contribution in [3.8, 4) is 0 Å². The van der Waals surface area contributed by atoms with Gasteiger partial charge in [-0.1, -0.05) is 25.4 Å². The smallest absolute Gasteiger partial charge is 0.263 e. The standard InChI is InChI=1S/C13H23ClN4O2S/c1-4-17(5-2)11-6-8-18(9-7-11)21(19,20)13-12(14)16(3)10-15-13/h10-11H,4-9H2,1-3H3. The Balaban J connectivity index is 2.10. The first-order chi connectivity index (χ1) is 9.91. The Labute approximate surface area is 131 Å². The summed E-state index contributed by atoms with van der Waals surface area (Å²) in [5, 5.41) is 0.133. The molecule has 2 rings (SSSR count). The van der Waals surface area contributed by atoms with Gasteiger partial charge in [0.2, 0.25) is 5.03 Å². The van der Waals surface area contributed by atoms with Gasteiger partial charge in [-0.25, -0.2) is 13.4 Å². The highest BCUT2D eigenvalue weighted by Gasteiger charge is 2.34. The molecule has 1 aliphatic rings. The zero-order valence-corrected chi connectivity index (χ0v) is 14.4. The number of sulfonamides is 1. The van der Waals surface area contributed by atoms with Crippen LogP contribution < -0.4 is 0 Å². The molecule has 1 fully saturated rings. The van der Waals surface area contributed by atoms with Gasteiger partial charge in [0.05, 0.1) is 6.33 Å². The maximum Gasteiger partial charge on any atom is 0.263 e. The van der Waals surface area contributed by atoms with Crippen molar-refractivity contribution >= 4 is 21.6 Å². The lowest BCUT2D eigenvalue weighted by Crippen LogP contribution is -2.46. The minimum Gasteiger partial charge on any atom is -0.324 e. The molecule has 0 amide bonds. The number of imidazole rings is 1. The molecule has 1 saturated heterocycles. The fraction of sp³-hybridized carbons (Fsp3) is 0.769. The molecule has 0 radical (unpaired) electrons. The molecule has 6 nitrogen and oxygen atoms in total. The number of piperidine rings is 1. The van der Waals surface area contributed by atoms with Gasteiger partial charge in [0.1, 0.15) is 5.15 Å². The Bertz CT molecular complexity index is 575. The predicted octanol–water partition coefficient (Wildman–Crippen LogP) is 1.57. The van der Waals surface area contributed by atoms with E-state index in [1.807, 2.05) is 0 Å². The van der Waals surface area contributed by atoms with E-state index < -0.39 is 10.0 Å². The molecule has 120 valence electrons. The van der Waals surface area contributed by atoms with E-state index in [9.17, 15) is 8.42 Å². The maximum atomic E-state index is 12.6. The molecule has 0 saturated carbocycles. The molecule has 2 heterocycles. The second-order valence-electron chi connectivity index (χ2n) is 5.31. The van der Waals surface area contributed by atoms with Gasteiger partial charge in [-0.05, 0) is 25.9 Å². The average molecular weight is 335 g/mol. The van der Waals surface area contributed by atoms with Crippen LogP contribution in [0.1, 0.15) is 26.7 Å². The van der Waals surface area contributed by atoms with Crippen LogP contribution >= 0.6 is 11.6 Å². The molecule has 0 bridgehead atoms. The Hall–Kier alpha value is -0.630. The lowest BCUT2D eigenvalue weighted by atomic mass is 10.1. The fourth-order valence-electron chi connectivity index (χ4n) is 2.88. The minimum atomic E-state index is -3.58. The molecule has 8 heteroatoms. The number of hydrogen-bond donors (Lipinski definition) is 0. The lowest BCUT2D eigenvalue weighted by molar-refractivity contribution is 0.152. The summed E-state index contributed by atoms with van der Waals surface area (Å²) in [4.78, 5) is 6.33. The average Bonchev–Trinajstić information content (AvgIpc) is 2.81. The summed E-state index contributed by atoms with van der Waals surface area (Å²) >= 11 is 6.02. The third-order valence-electron chi connectivity index (χ3n) is 4.17. The second-order valence-corrected chi connectivity index (χ2v) is 7.52. The van der Waals surface area contributed by atoms with Gasteiger partial charge >= 0.3 is 0 Å². The Kier molecular flexibility index (Phi) is 5.29. The van der Waals surface area contributed by atoms with Crippen LogP contribution in [0.25, 0.3) is 0 Å². The Morgan fingerprint density at radius 1 is 1.33 bits per heavy atom. The van der Waals surface area contributed by atoms with Crippen LogP contribution in [-0.2, 0) is 17.1 Å². The summed E-state index contributed by atoms with van der Waals surface area (Å²) in [6.07, 6.45) is 3.13. The molecule has 1 aromatic heterocycles. The zero-order chi connectivity index (χ0) is 15.6. The van der Waals surface area contributed by atoms with Crippen LogP contribution in [-0.4, -0.2) is 59.4 Å². The first kappa shape index (κ1) is 16.7. The highest BCUT2D eigenvalue weighted by Crippen LogP contribution is 2.26. The van der Waals surface area contributed by atoms with E-state index in [0.29, 0.717) is 19.1 Å². The number of halogens is 1. The predicted molar refractivity (Wildman–Crippen MR) is 82.9 cm³/mol. The number of hydrogen-bond acceptors (Lipinski definition) is 4. The van der Waals surface area contributed by atoms with E-state index in [2.05, 4.69) is 23.7 Å².